The van der Waals surface area contributed by atoms with Gasteiger partial charge in [-0.15, -0.1) is 0 Å². The van der Waals surface area contributed by atoms with Gasteiger partial charge in [0.1, 0.15) is 0 Å². The molecule has 0 spiro atoms. The van der Waals surface area contributed by atoms with Gasteiger partial charge >= 0.3 is 0 Å². The van der Waals surface area contributed by atoms with Gasteiger partial charge in [0.05, 0.1) is 0 Å². The van der Waals surface area contributed by atoms with Crippen LogP contribution in [0.1, 0.15) is 76.7 Å². The molecule has 0 saturated heterocycles. The fraction of sp³-hybridized carbons (Fsp3) is 0.667. The highest BCUT2D eigenvalue weighted by atomic mass is 19.2. The molecular formula is C24H33F3. The zero-order valence-electron chi connectivity index (χ0n) is 16.5. The van der Waals surface area contributed by atoms with Crippen LogP contribution in [-0.2, 0) is 6.42 Å². The van der Waals surface area contributed by atoms with E-state index in [1.807, 2.05) is 0 Å². The maximum atomic E-state index is 13.3. The second kappa shape index (κ2) is 9.80. The molecule has 1 aromatic rings. The van der Waals surface area contributed by atoms with Gasteiger partial charge in [-0.25, -0.2) is 13.2 Å². The van der Waals surface area contributed by atoms with E-state index in [0.29, 0.717) is 17.9 Å². The molecule has 2 aliphatic rings. The van der Waals surface area contributed by atoms with Crippen LogP contribution >= 0.6 is 0 Å². The van der Waals surface area contributed by atoms with Gasteiger partial charge in [0.25, 0.3) is 0 Å². The fourth-order valence-electron chi connectivity index (χ4n) is 5.30. The van der Waals surface area contributed by atoms with Crippen molar-refractivity contribution in [3.05, 3.63) is 47.3 Å². The van der Waals surface area contributed by atoms with Gasteiger partial charge in [0.15, 0.2) is 17.5 Å². The van der Waals surface area contributed by atoms with Crippen molar-refractivity contribution in [2.24, 2.45) is 23.7 Å². The van der Waals surface area contributed by atoms with Crippen molar-refractivity contribution in [2.45, 2.75) is 77.6 Å². The van der Waals surface area contributed by atoms with Gasteiger partial charge in [0.2, 0.25) is 0 Å². The van der Waals surface area contributed by atoms with Crippen molar-refractivity contribution in [3.63, 3.8) is 0 Å². The van der Waals surface area contributed by atoms with Crippen molar-refractivity contribution in [1.29, 1.82) is 0 Å². The lowest BCUT2D eigenvalue weighted by atomic mass is 9.68. The van der Waals surface area contributed by atoms with Crippen molar-refractivity contribution in [1.82, 2.24) is 0 Å². The Bertz CT molecular complexity index is 598. The van der Waals surface area contributed by atoms with E-state index in [9.17, 15) is 13.2 Å². The Labute approximate surface area is 162 Å². The first-order valence-corrected chi connectivity index (χ1v) is 10.8. The molecule has 0 amide bonds. The van der Waals surface area contributed by atoms with Crippen molar-refractivity contribution in [3.8, 4) is 0 Å². The molecule has 0 heterocycles. The Kier molecular flexibility index (Phi) is 7.43. The summed E-state index contributed by atoms with van der Waals surface area (Å²) in [5.41, 5.74) is 0.577. The molecule has 2 saturated carbocycles. The minimum Gasteiger partial charge on any atom is -0.204 e. The molecule has 2 fully saturated rings. The third-order valence-corrected chi connectivity index (χ3v) is 7.04. The zero-order chi connectivity index (χ0) is 19.2. The average molecular weight is 379 g/mol. The molecule has 3 rings (SSSR count). The zero-order valence-corrected chi connectivity index (χ0v) is 16.5. The monoisotopic (exact) mass is 378 g/mol. The lowest BCUT2D eigenvalue weighted by molar-refractivity contribution is 0.144. The van der Waals surface area contributed by atoms with Crippen LogP contribution in [0.2, 0.25) is 0 Å². The molecule has 0 atom stereocenters. The highest BCUT2D eigenvalue weighted by molar-refractivity contribution is 5.19. The van der Waals surface area contributed by atoms with Crippen LogP contribution in [0.25, 0.3) is 0 Å². The number of hydrogen-bond acceptors (Lipinski definition) is 0. The lowest BCUT2D eigenvalue weighted by Crippen LogP contribution is -2.26. The smallest absolute Gasteiger partial charge is 0.194 e. The van der Waals surface area contributed by atoms with Crippen molar-refractivity contribution in [2.75, 3.05) is 0 Å². The van der Waals surface area contributed by atoms with E-state index in [1.54, 1.807) is 0 Å². The molecule has 2 aliphatic carbocycles. The van der Waals surface area contributed by atoms with Crippen LogP contribution in [0.3, 0.4) is 0 Å². The number of allylic oxidation sites excluding steroid dienone is 2. The number of halogens is 3. The van der Waals surface area contributed by atoms with Gasteiger partial charge < -0.3 is 0 Å². The van der Waals surface area contributed by atoms with Crippen LogP contribution in [0.15, 0.2) is 24.3 Å². The van der Waals surface area contributed by atoms with E-state index >= 15 is 0 Å². The molecule has 1 aromatic carbocycles. The summed E-state index contributed by atoms with van der Waals surface area (Å²) in [7, 11) is 0. The van der Waals surface area contributed by atoms with Gasteiger partial charge in [-0.05, 0) is 106 Å². The fourth-order valence-corrected chi connectivity index (χ4v) is 5.30. The summed E-state index contributed by atoms with van der Waals surface area (Å²) in [5.74, 6) is -0.177. The Morgan fingerprint density at radius 1 is 0.815 bits per heavy atom. The molecule has 0 aromatic heterocycles. The van der Waals surface area contributed by atoms with E-state index in [-0.39, 0.29) is 0 Å². The quantitative estimate of drug-likeness (QED) is 0.353. The van der Waals surface area contributed by atoms with Crippen LogP contribution in [0, 0.1) is 41.1 Å². The first-order chi connectivity index (χ1) is 13.1. The summed E-state index contributed by atoms with van der Waals surface area (Å²) in [5, 5.41) is 0. The minimum atomic E-state index is -1.36. The number of hydrogen-bond donors (Lipinski definition) is 0. The van der Waals surface area contributed by atoms with E-state index in [0.717, 1.165) is 36.3 Å². The first kappa shape index (κ1) is 20.5. The number of rotatable bonds is 6. The Hall–Kier alpha value is -1.25. The first-order valence-electron chi connectivity index (χ1n) is 10.8. The standard InChI is InChI=1S/C24H33F3/c1-2-3-4-17-7-11-20(12-8-17)21-13-9-18(10-14-21)5-6-19-15-22(25)24(27)23(26)16-19/h2-3,15-18,20-21H,4-14H2,1H3/b3-2+/t17-,18-,20-,21-. The van der Waals surface area contributed by atoms with Crippen LogP contribution < -0.4 is 0 Å². The number of aryl methyl sites for hydroxylation is 1. The normalized spacial score (nSPS) is 29.3. The molecule has 0 N–H and O–H groups in total. The number of benzene rings is 1. The molecule has 27 heavy (non-hydrogen) atoms. The summed E-state index contributed by atoms with van der Waals surface area (Å²) in [6.45, 7) is 2.10. The Morgan fingerprint density at radius 2 is 1.33 bits per heavy atom. The summed E-state index contributed by atoms with van der Waals surface area (Å²) in [6.07, 6.45) is 18.0. The molecule has 150 valence electrons. The van der Waals surface area contributed by atoms with Crippen LogP contribution in [0.5, 0.6) is 0 Å². The van der Waals surface area contributed by atoms with Gasteiger partial charge in [-0.2, -0.15) is 0 Å². The maximum Gasteiger partial charge on any atom is 0.194 e. The van der Waals surface area contributed by atoms with Gasteiger partial charge in [0, 0.05) is 0 Å². The molecule has 0 unspecified atom stereocenters. The molecule has 0 bridgehead atoms. The van der Waals surface area contributed by atoms with Crippen LogP contribution in [0.4, 0.5) is 13.2 Å². The Balaban J connectivity index is 1.39. The largest absolute Gasteiger partial charge is 0.204 e. The molecular weight excluding hydrogens is 345 g/mol. The predicted octanol–water partition coefficient (Wildman–Crippen LogP) is 7.62. The SMILES string of the molecule is C/C=C/C[C@H]1CC[C@H]([C@H]2CC[C@H](CCc3cc(F)c(F)c(F)c3)CC2)CC1. The highest BCUT2D eigenvalue weighted by Gasteiger charge is 2.30. The van der Waals surface area contributed by atoms with E-state index in [2.05, 4.69) is 19.1 Å². The topological polar surface area (TPSA) is 0 Å². The lowest BCUT2D eigenvalue weighted by Gasteiger charge is -2.37. The van der Waals surface area contributed by atoms with Crippen LogP contribution in [-0.4, -0.2) is 0 Å². The van der Waals surface area contributed by atoms with Gasteiger partial charge in [-0.1, -0.05) is 25.0 Å². The highest BCUT2D eigenvalue weighted by Crippen LogP contribution is 2.42. The van der Waals surface area contributed by atoms with E-state index in [4.69, 9.17) is 0 Å². The predicted molar refractivity (Wildman–Crippen MR) is 105 cm³/mol. The molecule has 0 aliphatic heterocycles. The second-order valence-corrected chi connectivity index (χ2v) is 8.78. The summed E-state index contributed by atoms with van der Waals surface area (Å²) < 4.78 is 39.7. The van der Waals surface area contributed by atoms with E-state index in [1.165, 1.54) is 57.8 Å². The molecule has 3 heteroatoms. The maximum absolute atomic E-state index is 13.3. The molecule has 0 nitrogen and oxygen atoms in total. The van der Waals surface area contributed by atoms with E-state index < -0.39 is 17.5 Å². The molecule has 0 radical (unpaired) electrons. The van der Waals surface area contributed by atoms with Gasteiger partial charge in [-0.3, -0.25) is 0 Å². The Morgan fingerprint density at radius 3 is 1.85 bits per heavy atom. The summed E-state index contributed by atoms with van der Waals surface area (Å²) in [4.78, 5) is 0. The third kappa shape index (κ3) is 5.62. The average Bonchev–Trinajstić information content (AvgIpc) is 2.69. The van der Waals surface area contributed by atoms with Crippen molar-refractivity contribution >= 4 is 0 Å². The summed E-state index contributed by atoms with van der Waals surface area (Å²) >= 11 is 0. The van der Waals surface area contributed by atoms with Crippen molar-refractivity contribution < 1.29 is 13.2 Å². The minimum absolute atomic E-state index is 0.577. The third-order valence-electron chi connectivity index (χ3n) is 7.04. The summed E-state index contributed by atoms with van der Waals surface area (Å²) in [6, 6.07) is 2.30. The second-order valence-electron chi connectivity index (χ2n) is 8.78.